The zero-order valence-electron chi connectivity index (χ0n) is 22.2. The Bertz CT molecular complexity index is 787. The fourth-order valence-corrected chi connectivity index (χ4v) is 2.43. The molecular formula is C23H37FN4O9. The molecule has 0 bridgehead atoms. The molecule has 0 spiro atoms. The second-order valence-electron chi connectivity index (χ2n) is 6.80. The lowest BCUT2D eigenvalue weighted by Crippen LogP contribution is -2.33. The van der Waals surface area contributed by atoms with E-state index < -0.39 is 13.1 Å². The number of nitrogens with two attached hydrogens (primary N) is 1. The molecule has 0 fully saturated rings. The third-order valence-electron chi connectivity index (χ3n) is 4.03. The summed E-state index contributed by atoms with van der Waals surface area (Å²) in [6.07, 6.45) is 5.06. The summed E-state index contributed by atoms with van der Waals surface area (Å²) in [5.74, 6) is -2.36. The summed E-state index contributed by atoms with van der Waals surface area (Å²) in [4.78, 5) is 67.6. The molecule has 0 atom stereocenters. The molecule has 13 nitrogen and oxygen atoms in total. The lowest BCUT2D eigenvalue weighted by molar-refractivity contribution is -0.140. The Morgan fingerprint density at radius 3 is 1.57 bits per heavy atom. The molecule has 0 aromatic carbocycles. The van der Waals surface area contributed by atoms with E-state index in [0.29, 0.717) is 6.54 Å². The molecule has 2 aliphatic rings. The van der Waals surface area contributed by atoms with Gasteiger partial charge in [0.15, 0.2) is 0 Å². The number of ether oxygens (including phenoxy) is 2. The van der Waals surface area contributed by atoms with Gasteiger partial charge in [-0.2, -0.15) is 0 Å². The van der Waals surface area contributed by atoms with Crippen LogP contribution in [0.25, 0.3) is 0 Å². The first-order chi connectivity index (χ1) is 18.1. The van der Waals surface area contributed by atoms with E-state index in [-0.39, 0.29) is 81.9 Å². The van der Waals surface area contributed by atoms with Crippen LogP contribution in [0.4, 0.5) is 4.39 Å². The van der Waals surface area contributed by atoms with Gasteiger partial charge in [0.1, 0.15) is 0 Å². The number of carbonyl (C=O) groups is 6. The normalized spacial score (nSPS) is 13.8. The van der Waals surface area contributed by atoms with Crippen molar-refractivity contribution in [2.75, 3.05) is 59.8 Å². The largest absolute Gasteiger partial charge is 0.481 e. The molecule has 4 N–H and O–H groups in total. The van der Waals surface area contributed by atoms with Crippen molar-refractivity contribution in [3.8, 4) is 0 Å². The van der Waals surface area contributed by atoms with Crippen molar-refractivity contribution in [1.82, 2.24) is 15.1 Å². The number of hydrogen-bond donors (Lipinski definition) is 3. The zero-order chi connectivity index (χ0) is 29.3. The van der Waals surface area contributed by atoms with Crippen molar-refractivity contribution in [2.45, 2.75) is 26.7 Å². The number of hydrogen-bond acceptors (Lipinski definition) is 9. The van der Waals surface area contributed by atoms with E-state index in [1.807, 2.05) is 13.8 Å². The maximum Gasteiger partial charge on any atom is 0.305 e. The van der Waals surface area contributed by atoms with Crippen LogP contribution in [0.5, 0.6) is 0 Å². The molecule has 0 saturated heterocycles. The maximum absolute atomic E-state index is 11.1. The number of nitrogens with one attached hydrogen (secondary N) is 1. The van der Waals surface area contributed by atoms with Crippen LogP contribution in [-0.2, 0) is 38.2 Å². The minimum Gasteiger partial charge on any atom is -0.481 e. The lowest BCUT2D eigenvalue weighted by atomic mass is 10.4. The van der Waals surface area contributed by atoms with Crippen molar-refractivity contribution < 1.29 is 49.1 Å². The van der Waals surface area contributed by atoms with Gasteiger partial charge < -0.3 is 25.6 Å². The minimum absolute atomic E-state index is 0.0671. The fraction of sp³-hybridized carbons (Fsp3) is 0.565. The first-order valence-corrected chi connectivity index (χ1v) is 11.4. The first kappa shape index (κ1) is 33.5. The van der Waals surface area contributed by atoms with Crippen LogP contribution >= 0.6 is 0 Å². The van der Waals surface area contributed by atoms with E-state index in [2.05, 4.69) is 5.32 Å². The average molecular weight is 534 g/mol. The molecule has 5 amide bonds. The molecule has 37 heavy (non-hydrogen) atoms. The zero-order valence-corrected chi connectivity index (χ0v) is 21.2. The van der Waals surface area contributed by atoms with E-state index in [0.717, 1.165) is 16.3 Å². The van der Waals surface area contributed by atoms with Gasteiger partial charge in [0.05, 0.1) is 54.5 Å². The van der Waals surface area contributed by atoms with Crippen LogP contribution in [0.1, 0.15) is 28.1 Å². The highest BCUT2D eigenvalue weighted by atomic mass is 19.1. The molecule has 0 aliphatic carbocycles. The smallest absolute Gasteiger partial charge is 0.305 e. The predicted octanol–water partition coefficient (Wildman–Crippen LogP) is -0.592. The number of halogens is 1. The van der Waals surface area contributed by atoms with Gasteiger partial charge in [-0.25, -0.2) is 0 Å². The number of aliphatic carboxylic acids is 1. The Labute approximate surface area is 216 Å². The molecule has 0 unspecified atom stereocenters. The third kappa shape index (κ3) is 17.6. The topological polar surface area (TPSA) is 186 Å². The number of carboxylic acids is 1. The van der Waals surface area contributed by atoms with Crippen LogP contribution in [0.2, 0.25) is 0 Å². The van der Waals surface area contributed by atoms with Crippen LogP contribution in [0.3, 0.4) is 0 Å². The molecule has 2 heterocycles. The number of rotatable bonds is 13. The van der Waals surface area contributed by atoms with Crippen molar-refractivity contribution in [2.24, 2.45) is 5.73 Å². The Morgan fingerprint density at radius 1 is 0.892 bits per heavy atom. The molecule has 210 valence electrons. The molecule has 0 saturated carbocycles. The van der Waals surface area contributed by atoms with Gasteiger partial charge in [0.25, 0.3) is 23.6 Å². The summed E-state index contributed by atoms with van der Waals surface area (Å²) in [6.45, 7) is 6.25. The number of amides is 5. The SMILES string of the molecule is CCN.CCNC(=O)CCOCCN1C(=O)C=CC1=O.O=C(O)CCOCCN1C(=O)C=CC1=O.[2H]CF. The lowest BCUT2D eigenvalue weighted by Gasteiger charge is -2.13. The van der Waals surface area contributed by atoms with Gasteiger partial charge >= 0.3 is 5.97 Å². The van der Waals surface area contributed by atoms with Gasteiger partial charge in [-0.1, -0.05) is 6.92 Å². The summed E-state index contributed by atoms with van der Waals surface area (Å²) in [5.41, 5.74) is 4.85. The van der Waals surface area contributed by atoms with Gasteiger partial charge in [0, 0.05) is 37.3 Å². The molecule has 14 heteroatoms. The molecule has 2 aliphatic heterocycles. The van der Waals surface area contributed by atoms with E-state index in [9.17, 15) is 33.2 Å². The van der Waals surface area contributed by atoms with Crippen molar-refractivity contribution in [3.63, 3.8) is 0 Å². The van der Waals surface area contributed by atoms with E-state index in [4.69, 9.17) is 21.7 Å². The summed E-state index contributed by atoms with van der Waals surface area (Å²) < 4.78 is 25.6. The number of carboxylic acid groups (broad SMARTS) is 1. The Kier molecular flexibility index (Phi) is 20.8. The van der Waals surface area contributed by atoms with Crippen LogP contribution in [0, 0.1) is 0 Å². The summed E-state index contributed by atoms with van der Waals surface area (Å²) in [5, 5.41) is 10.9. The van der Waals surface area contributed by atoms with E-state index in [1.54, 1.807) is 0 Å². The number of nitrogens with zero attached hydrogens (tertiary/aromatic N) is 2. The minimum atomic E-state index is -1.00. The number of carbonyl (C=O) groups excluding carboxylic acids is 5. The van der Waals surface area contributed by atoms with E-state index >= 15 is 0 Å². The Balaban J connectivity index is 0. The van der Waals surface area contributed by atoms with Gasteiger partial charge in [-0.15, -0.1) is 0 Å². The molecule has 0 aromatic heterocycles. The van der Waals surface area contributed by atoms with Crippen LogP contribution < -0.4 is 11.1 Å². The van der Waals surface area contributed by atoms with Crippen LogP contribution in [0.15, 0.2) is 24.3 Å². The fourth-order valence-electron chi connectivity index (χ4n) is 2.43. The Morgan fingerprint density at radius 2 is 1.24 bits per heavy atom. The predicted molar refractivity (Wildman–Crippen MR) is 131 cm³/mol. The summed E-state index contributed by atoms with van der Waals surface area (Å²) in [7, 11) is -1.00. The standard InChI is InChI=1S/C11H16N2O4.C9H11NO5.C2H7N.CH3F/c1-2-12-9(14)5-7-17-8-6-13-10(15)3-4-11(13)16;11-7-1-2-8(12)10(7)4-6-15-5-3-9(13)14;1-2-3;1-2/h3-4H,2,5-8H2,1H3,(H,12,14);1-2H,3-6H2,(H,13,14);2-3H2,1H3;1H3/i;;;1D. The van der Waals surface area contributed by atoms with Crippen molar-refractivity contribution >= 4 is 35.5 Å². The molecular weight excluding hydrogens is 495 g/mol. The molecule has 2 rings (SSSR count). The average Bonchev–Trinajstić information content (AvgIpc) is 3.35. The second-order valence-corrected chi connectivity index (χ2v) is 6.80. The third-order valence-corrected chi connectivity index (χ3v) is 4.03. The van der Waals surface area contributed by atoms with Crippen LogP contribution in [-0.4, -0.2) is 110 Å². The first-order valence-electron chi connectivity index (χ1n) is 12.1. The van der Waals surface area contributed by atoms with E-state index in [1.165, 1.54) is 24.3 Å². The summed E-state index contributed by atoms with van der Waals surface area (Å²) in [6, 6.07) is 0. The maximum atomic E-state index is 11.1. The Hall–Kier alpha value is -3.49. The van der Waals surface area contributed by atoms with Gasteiger partial charge in [0.2, 0.25) is 5.91 Å². The quantitative estimate of drug-likeness (QED) is 0.204. The van der Waals surface area contributed by atoms with Gasteiger partial charge in [-0.3, -0.25) is 43.0 Å². The second kappa shape index (κ2) is 22.9. The van der Waals surface area contributed by atoms with Gasteiger partial charge in [-0.05, 0) is 13.5 Å². The van der Waals surface area contributed by atoms with Crippen molar-refractivity contribution in [1.29, 1.82) is 0 Å². The highest BCUT2D eigenvalue weighted by Gasteiger charge is 2.23. The number of alkyl halides is 1. The summed E-state index contributed by atoms with van der Waals surface area (Å²) >= 11 is 0. The highest BCUT2D eigenvalue weighted by molar-refractivity contribution is 6.13. The highest BCUT2D eigenvalue weighted by Crippen LogP contribution is 2.03. The number of imide groups is 2. The molecule has 0 aromatic rings. The van der Waals surface area contributed by atoms with Crippen molar-refractivity contribution in [3.05, 3.63) is 24.3 Å². The molecule has 0 radical (unpaired) electrons. The monoisotopic (exact) mass is 533 g/mol.